The van der Waals surface area contributed by atoms with Crippen molar-refractivity contribution in [2.45, 2.75) is 113 Å². The van der Waals surface area contributed by atoms with E-state index in [4.69, 9.17) is 20.0 Å². The van der Waals surface area contributed by atoms with Gasteiger partial charge in [0.2, 0.25) is 5.91 Å². The van der Waals surface area contributed by atoms with Crippen molar-refractivity contribution in [2.75, 3.05) is 4.90 Å². The van der Waals surface area contributed by atoms with Crippen LogP contribution in [-0.4, -0.2) is 91.2 Å². The molecule has 2 aromatic carbocycles. The van der Waals surface area contributed by atoms with Crippen LogP contribution in [0.25, 0.3) is 68.1 Å². The minimum atomic E-state index is -4.52. The van der Waals surface area contributed by atoms with E-state index < -0.39 is 30.9 Å². The maximum absolute atomic E-state index is 13.3. The predicted molar refractivity (Wildman–Crippen MR) is 347 cm³/mol. The van der Waals surface area contributed by atoms with E-state index in [-0.39, 0.29) is 69.4 Å². The number of pyridine rings is 4. The molecule has 26 heteroatoms. The van der Waals surface area contributed by atoms with Gasteiger partial charge in [-0.2, -0.15) is 26.3 Å². The van der Waals surface area contributed by atoms with E-state index in [0.717, 1.165) is 63.0 Å². The number of carbonyl (C=O) groups is 1. The number of imidazole rings is 3. The quantitative estimate of drug-likeness (QED) is 0.0809. The lowest BCUT2D eigenvalue weighted by molar-refractivity contribution is -0.141. The topological polar surface area (TPSA) is 226 Å². The highest BCUT2D eigenvalue weighted by Crippen LogP contribution is 2.35. The van der Waals surface area contributed by atoms with Gasteiger partial charge in [0.05, 0.1) is 48.5 Å². The summed E-state index contributed by atoms with van der Waals surface area (Å²) in [5.74, 6) is 2.24. The van der Waals surface area contributed by atoms with E-state index in [9.17, 15) is 35.9 Å². The molecular formula is C67H72BF6N15O4. The van der Waals surface area contributed by atoms with Crippen molar-refractivity contribution in [3.63, 3.8) is 0 Å². The first-order chi connectivity index (χ1) is 43.4. The van der Waals surface area contributed by atoms with E-state index in [1.54, 1.807) is 107 Å². The van der Waals surface area contributed by atoms with Crippen LogP contribution < -0.4 is 10.6 Å². The Morgan fingerprint density at radius 1 is 0.548 bits per heavy atom. The molecule has 0 radical (unpaired) electrons. The van der Waals surface area contributed by atoms with Gasteiger partial charge in [0.15, 0.2) is 28.7 Å². The molecule has 10 heterocycles. The lowest BCUT2D eigenvalue weighted by Crippen LogP contribution is -2.26. The Morgan fingerprint density at radius 2 is 1.00 bits per heavy atom. The molecule has 0 saturated heterocycles. The number of aryl methyl sites for hydroxylation is 3. The molecule has 1 aliphatic heterocycles. The fraction of sp³-hybridized carbons (Fsp3) is 0.284. The summed E-state index contributed by atoms with van der Waals surface area (Å²) in [5.41, 5.74) is 7.70. The second-order valence-electron chi connectivity index (χ2n) is 21.7. The van der Waals surface area contributed by atoms with Gasteiger partial charge in [-0.15, -0.1) is 0 Å². The normalized spacial score (nSPS) is 11.8. The van der Waals surface area contributed by atoms with Gasteiger partial charge in [-0.05, 0) is 84.7 Å². The van der Waals surface area contributed by atoms with Crippen LogP contribution >= 0.6 is 0 Å². The molecule has 0 saturated carbocycles. The molecular weight excluding hydrogens is 1200 g/mol. The molecule has 0 fully saturated rings. The van der Waals surface area contributed by atoms with Gasteiger partial charge >= 0.3 is 25.2 Å². The van der Waals surface area contributed by atoms with Crippen LogP contribution in [0.5, 0.6) is 0 Å². The molecule has 11 aromatic rings. The van der Waals surface area contributed by atoms with Crippen LogP contribution in [0, 0.1) is 0 Å². The number of alkyl halides is 6. The third kappa shape index (κ3) is 16.5. The van der Waals surface area contributed by atoms with Gasteiger partial charge in [0, 0.05) is 91.8 Å². The first-order valence-corrected chi connectivity index (χ1v) is 29.0. The Balaban J connectivity index is 0.000000207. The van der Waals surface area contributed by atoms with Gasteiger partial charge in [-0.1, -0.05) is 110 Å². The molecule has 93 heavy (non-hydrogen) atoms. The van der Waals surface area contributed by atoms with Gasteiger partial charge in [0.25, 0.3) is 0 Å². The van der Waals surface area contributed by atoms with Crippen molar-refractivity contribution in [2.24, 2.45) is 14.1 Å². The summed E-state index contributed by atoms with van der Waals surface area (Å²) < 4.78 is 84.2. The average Bonchev–Trinajstić information content (AvgIpc) is 1.65. The minimum Gasteiger partial charge on any atom is -0.427 e. The number of hydrogen-bond donors (Lipinski definition) is 2. The smallest absolute Gasteiger partial charge is 0.427 e. The molecule has 1 aliphatic rings. The Bertz CT molecular complexity index is 4310. The maximum Gasteiger partial charge on any atom is 0.451 e. The summed E-state index contributed by atoms with van der Waals surface area (Å²) in [6, 6.07) is 33.0. The summed E-state index contributed by atoms with van der Waals surface area (Å²) >= 11 is 0. The number of halogens is 6. The van der Waals surface area contributed by atoms with Crippen LogP contribution in [0.2, 0.25) is 6.32 Å². The van der Waals surface area contributed by atoms with Crippen LogP contribution in [0.4, 0.5) is 32.2 Å². The van der Waals surface area contributed by atoms with Crippen LogP contribution in [0.15, 0.2) is 164 Å². The Kier molecular flexibility index (Phi) is 23.0. The van der Waals surface area contributed by atoms with Crippen LogP contribution in [-0.2, 0) is 57.3 Å². The molecule has 484 valence electrons. The molecule has 0 spiro atoms. The summed E-state index contributed by atoms with van der Waals surface area (Å²) in [7, 11) is 1.93. The zero-order valence-electron chi connectivity index (χ0n) is 51.0. The lowest BCUT2D eigenvalue weighted by atomic mass is 9.88. The predicted octanol–water partition coefficient (Wildman–Crippen LogP) is 13.3. The highest BCUT2D eigenvalue weighted by Gasteiger charge is 2.36. The summed E-state index contributed by atoms with van der Waals surface area (Å²) in [6.07, 6.45) is 3.90. The second kappa shape index (κ2) is 30.4. The van der Waals surface area contributed by atoms with Gasteiger partial charge in [-0.3, -0.25) is 38.8 Å². The molecule has 0 aliphatic carbocycles. The molecule has 0 unspecified atom stereocenters. The van der Waals surface area contributed by atoms with Crippen molar-refractivity contribution in [1.29, 1.82) is 0 Å². The van der Waals surface area contributed by atoms with Crippen LogP contribution in [0.1, 0.15) is 108 Å². The fourth-order valence-electron chi connectivity index (χ4n) is 9.89. The standard InChI is InChI=1S/C27H26F3N7O.C26H23F3N6O.C10H8N2.C2H7BO2.2CH4/c1-5-36-20-13-32-23(19-7-6-12-31-22(19)16(2)3)34-25(20)37(26(36)38)14-17-8-10-18(11-9-17)24-33-21(15-35(24)4)27(28,29)30;1-15(2)22-19(5-4-10-30-22)23-31-12-18-11-21(36)35(25(18)33-23)13-16-6-8-17(9-7-16)24-32-20(14-34(24)3)26(27,28)29;1-3-7-11-9(5-1)10-6-2-4-8-12-10;1-2-3(4)5;;/h6-13,15-16H,5,14H2,1-4H3;4-10,12,14-15H,11,13H2,1-3H3;1-8H;4-5H,2H2,1H3;2*1H4. The minimum absolute atomic E-state index is 0. The molecule has 19 nitrogen and oxygen atoms in total. The highest BCUT2D eigenvalue weighted by molar-refractivity contribution is 6.40. The number of hydrogen-bond acceptors (Lipinski definition) is 14. The third-order valence-electron chi connectivity index (χ3n) is 14.5. The van der Waals surface area contributed by atoms with Crippen LogP contribution in [0.3, 0.4) is 0 Å². The number of benzene rings is 2. The number of nitrogens with zero attached hydrogens (tertiary/aromatic N) is 15. The monoisotopic (exact) mass is 1280 g/mol. The van der Waals surface area contributed by atoms with Crippen molar-refractivity contribution in [3.05, 3.63) is 209 Å². The Morgan fingerprint density at radius 3 is 1.42 bits per heavy atom. The number of aromatic nitrogens is 14. The summed E-state index contributed by atoms with van der Waals surface area (Å²) in [5, 5.41) is 15.8. The summed E-state index contributed by atoms with van der Waals surface area (Å²) in [4.78, 5) is 71.1. The maximum atomic E-state index is 13.3. The van der Waals surface area contributed by atoms with Gasteiger partial charge < -0.3 is 19.2 Å². The number of anilines is 1. The number of fused-ring (bicyclic) bond motifs is 2. The first-order valence-electron chi connectivity index (χ1n) is 29.0. The fourth-order valence-corrected chi connectivity index (χ4v) is 9.89. The van der Waals surface area contributed by atoms with Crippen molar-refractivity contribution >= 4 is 30.0 Å². The third-order valence-corrected chi connectivity index (χ3v) is 14.5. The van der Waals surface area contributed by atoms with Gasteiger partial charge in [-0.25, -0.2) is 34.7 Å². The van der Waals surface area contributed by atoms with Crippen molar-refractivity contribution in [3.8, 4) is 56.9 Å². The lowest BCUT2D eigenvalue weighted by Gasteiger charge is -2.18. The van der Waals surface area contributed by atoms with E-state index in [2.05, 4.69) is 39.9 Å². The number of carbonyl (C=O) groups excluding carboxylic acids is 1. The Labute approximate surface area is 534 Å². The first kappa shape index (κ1) is 70.4. The van der Waals surface area contributed by atoms with Crippen molar-refractivity contribution < 1.29 is 41.2 Å². The molecule has 0 atom stereocenters. The molecule has 9 aromatic heterocycles. The van der Waals surface area contributed by atoms with E-state index >= 15 is 0 Å². The van der Waals surface area contributed by atoms with Gasteiger partial charge in [0.1, 0.15) is 23.0 Å². The number of rotatable bonds is 13. The van der Waals surface area contributed by atoms with E-state index in [1.165, 1.54) is 23.2 Å². The number of amides is 1. The van der Waals surface area contributed by atoms with Crippen molar-refractivity contribution in [1.82, 2.24) is 68.1 Å². The molecule has 2 N–H and O–H groups in total. The summed E-state index contributed by atoms with van der Waals surface area (Å²) in [6.45, 7) is 12.7. The average molecular weight is 1280 g/mol. The SMILES string of the molecule is C.C.CC(C)c1ncccc1-c1ncc2c(n1)N(Cc1ccc(-c3nc(C(F)(F)F)cn3C)cc1)C(=O)C2.CCB(O)O.CCn1c(=O)n(Cc2ccc(-c3nc(C(F)(F)F)cn3C)cc2)c2nc(-c3cccnc3C(C)C)ncc21.c1ccc(-c2ccccn2)nc1. The zero-order valence-corrected chi connectivity index (χ0v) is 51.0. The second-order valence-corrected chi connectivity index (χ2v) is 21.7. The zero-order chi connectivity index (χ0) is 65.3. The van der Waals surface area contributed by atoms with E-state index in [1.807, 2.05) is 95.3 Å². The Hall–Kier alpha value is -10.1. The molecule has 0 bridgehead atoms. The molecule has 1 amide bonds. The molecule has 12 rings (SSSR count). The largest absolute Gasteiger partial charge is 0.451 e. The highest BCUT2D eigenvalue weighted by atomic mass is 19.4. The van der Waals surface area contributed by atoms with E-state index in [0.29, 0.717) is 52.6 Å².